The number of aryl methyl sites for hydroxylation is 1. The summed E-state index contributed by atoms with van der Waals surface area (Å²) < 4.78 is 0. The normalized spacial score (nSPS) is 18.7. The highest BCUT2D eigenvalue weighted by molar-refractivity contribution is 5.94. The van der Waals surface area contributed by atoms with Gasteiger partial charge >= 0.3 is 5.97 Å². The molecule has 98 valence electrons. The van der Waals surface area contributed by atoms with Crippen molar-refractivity contribution >= 4 is 11.7 Å². The minimum absolute atomic E-state index is 0.344. The number of hydrogen-bond donors (Lipinski definition) is 2. The number of aliphatic hydroxyl groups is 1. The van der Waals surface area contributed by atoms with Crippen LogP contribution in [0.3, 0.4) is 0 Å². The minimum atomic E-state index is -0.897. The molecule has 1 aliphatic heterocycles. The van der Waals surface area contributed by atoms with Gasteiger partial charge in [-0.25, -0.2) is 4.79 Å². The number of carboxylic acids is 1. The van der Waals surface area contributed by atoms with Crippen molar-refractivity contribution in [2.45, 2.75) is 32.3 Å². The van der Waals surface area contributed by atoms with E-state index in [1.165, 1.54) is 0 Å². The maximum Gasteiger partial charge on any atom is 0.337 e. The van der Waals surface area contributed by atoms with Crippen molar-refractivity contribution in [3.63, 3.8) is 0 Å². The largest absolute Gasteiger partial charge is 0.478 e. The molecule has 0 spiro atoms. The van der Waals surface area contributed by atoms with Gasteiger partial charge in [-0.3, -0.25) is 0 Å². The van der Waals surface area contributed by atoms with Crippen LogP contribution in [0.2, 0.25) is 0 Å². The Kier molecular flexibility index (Phi) is 3.30. The second-order valence-corrected chi connectivity index (χ2v) is 5.31. The lowest BCUT2D eigenvalue weighted by molar-refractivity contribution is 0.0351. The maximum absolute atomic E-state index is 11.3. The van der Waals surface area contributed by atoms with Gasteiger partial charge in [0, 0.05) is 13.1 Å². The van der Waals surface area contributed by atoms with Crippen molar-refractivity contribution < 1.29 is 15.0 Å². The van der Waals surface area contributed by atoms with Crippen molar-refractivity contribution in [1.29, 1.82) is 0 Å². The van der Waals surface area contributed by atoms with Crippen LogP contribution in [0, 0.1) is 6.92 Å². The average molecular weight is 249 g/mol. The first-order valence-electron chi connectivity index (χ1n) is 6.20. The molecule has 0 atom stereocenters. The molecule has 0 bridgehead atoms. The topological polar surface area (TPSA) is 60.8 Å². The Bertz CT molecular complexity index is 458. The standard InChI is InChI=1S/C14H19NO3/c1-10-3-4-12(11(9-10)13(16)17)15-7-5-14(2,18)6-8-15/h3-4,9,18H,5-8H2,1-2H3,(H,16,17). The molecule has 0 radical (unpaired) electrons. The SMILES string of the molecule is Cc1ccc(N2CCC(C)(O)CC2)c(C(=O)O)c1. The number of anilines is 1. The predicted octanol–water partition coefficient (Wildman–Crippen LogP) is 2.04. The fourth-order valence-corrected chi connectivity index (χ4v) is 2.33. The van der Waals surface area contributed by atoms with Crippen molar-refractivity contribution in [2.75, 3.05) is 18.0 Å². The van der Waals surface area contributed by atoms with Crippen LogP contribution in [0.4, 0.5) is 5.69 Å². The number of piperidine rings is 1. The third-order valence-corrected chi connectivity index (χ3v) is 3.56. The van der Waals surface area contributed by atoms with Crippen LogP contribution in [-0.4, -0.2) is 34.9 Å². The maximum atomic E-state index is 11.3. The van der Waals surface area contributed by atoms with E-state index in [2.05, 4.69) is 0 Å². The highest BCUT2D eigenvalue weighted by Crippen LogP contribution is 2.28. The third-order valence-electron chi connectivity index (χ3n) is 3.56. The van der Waals surface area contributed by atoms with Gasteiger partial charge < -0.3 is 15.1 Å². The lowest BCUT2D eigenvalue weighted by Gasteiger charge is -2.37. The Labute approximate surface area is 107 Å². The van der Waals surface area contributed by atoms with E-state index >= 15 is 0 Å². The molecule has 1 aliphatic rings. The van der Waals surface area contributed by atoms with Gasteiger partial charge in [0.25, 0.3) is 0 Å². The molecule has 0 amide bonds. The van der Waals surface area contributed by atoms with E-state index in [0.717, 1.165) is 11.3 Å². The summed E-state index contributed by atoms with van der Waals surface area (Å²) in [5, 5.41) is 19.2. The summed E-state index contributed by atoms with van der Waals surface area (Å²) in [6.07, 6.45) is 1.33. The summed E-state index contributed by atoms with van der Waals surface area (Å²) in [7, 11) is 0. The fraction of sp³-hybridized carbons (Fsp3) is 0.500. The van der Waals surface area contributed by atoms with Gasteiger partial charge in [0.2, 0.25) is 0 Å². The van der Waals surface area contributed by atoms with Gasteiger partial charge in [-0.05, 0) is 38.8 Å². The molecule has 1 saturated heterocycles. The zero-order valence-electron chi connectivity index (χ0n) is 10.8. The van der Waals surface area contributed by atoms with Crippen LogP contribution in [0.25, 0.3) is 0 Å². The molecule has 2 rings (SSSR count). The molecular formula is C14H19NO3. The number of aromatic carboxylic acids is 1. The zero-order chi connectivity index (χ0) is 13.3. The van der Waals surface area contributed by atoms with Gasteiger partial charge in [-0.15, -0.1) is 0 Å². The molecular weight excluding hydrogens is 230 g/mol. The quantitative estimate of drug-likeness (QED) is 0.842. The summed E-state index contributed by atoms with van der Waals surface area (Å²) in [4.78, 5) is 13.3. The number of benzene rings is 1. The smallest absolute Gasteiger partial charge is 0.337 e. The van der Waals surface area contributed by atoms with E-state index in [4.69, 9.17) is 0 Å². The average Bonchev–Trinajstić information content (AvgIpc) is 2.29. The van der Waals surface area contributed by atoms with E-state index in [1.807, 2.05) is 30.9 Å². The summed E-state index contributed by atoms with van der Waals surface area (Å²) in [6, 6.07) is 5.48. The highest BCUT2D eigenvalue weighted by atomic mass is 16.4. The van der Waals surface area contributed by atoms with Crippen LogP contribution in [-0.2, 0) is 0 Å². The summed E-state index contributed by atoms with van der Waals surface area (Å²) in [5.74, 6) is -0.897. The lowest BCUT2D eigenvalue weighted by atomic mass is 9.93. The van der Waals surface area contributed by atoms with Crippen molar-refractivity contribution in [2.24, 2.45) is 0 Å². The van der Waals surface area contributed by atoms with E-state index < -0.39 is 11.6 Å². The molecule has 0 aliphatic carbocycles. The molecule has 2 N–H and O–H groups in total. The molecule has 0 saturated carbocycles. The van der Waals surface area contributed by atoms with Crippen LogP contribution >= 0.6 is 0 Å². The molecule has 1 aromatic rings. The van der Waals surface area contributed by atoms with Crippen LogP contribution in [0.15, 0.2) is 18.2 Å². The number of hydrogen-bond acceptors (Lipinski definition) is 3. The van der Waals surface area contributed by atoms with Crippen LogP contribution in [0.1, 0.15) is 35.7 Å². The monoisotopic (exact) mass is 249 g/mol. The van der Waals surface area contributed by atoms with Crippen molar-refractivity contribution in [3.05, 3.63) is 29.3 Å². The molecule has 4 heteroatoms. The predicted molar refractivity (Wildman–Crippen MR) is 70.2 cm³/mol. The molecule has 1 heterocycles. The van der Waals surface area contributed by atoms with E-state index in [-0.39, 0.29) is 0 Å². The fourth-order valence-electron chi connectivity index (χ4n) is 2.33. The molecule has 1 fully saturated rings. The van der Waals surface area contributed by atoms with Gasteiger partial charge in [0.15, 0.2) is 0 Å². The van der Waals surface area contributed by atoms with Crippen LogP contribution < -0.4 is 4.90 Å². The highest BCUT2D eigenvalue weighted by Gasteiger charge is 2.28. The molecule has 1 aromatic carbocycles. The Morgan fingerprint density at radius 1 is 1.33 bits per heavy atom. The molecule has 4 nitrogen and oxygen atoms in total. The Morgan fingerprint density at radius 3 is 2.50 bits per heavy atom. The van der Waals surface area contributed by atoms with E-state index in [1.54, 1.807) is 6.07 Å². The summed E-state index contributed by atoms with van der Waals surface area (Å²) in [6.45, 7) is 5.10. The van der Waals surface area contributed by atoms with Gasteiger partial charge in [0.05, 0.1) is 16.9 Å². The first kappa shape index (κ1) is 12.9. The summed E-state index contributed by atoms with van der Waals surface area (Å²) >= 11 is 0. The second kappa shape index (κ2) is 4.61. The second-order valence-electron chi connectivity index (χ2n) is 5.31. The number of carbonyl (C=O) groups is 1. The van der Waals surface area contributed by atoms with Crippen molar-refractivity contribution in [3.8, 4) is 0 Å². The Morgan fingerprint density at radius 2 is 1.94 bits per heavy atom. The molecule has 0 aromatic heterocycles. The van der Waals surface area contributed by atoms with Crippen LogP contribution in [0.5, 0.6) is 0 Å². The van der Waals surface area contributed by atoms with Gasteiger partial charge in [-0.1, -0.05) is 11.6 Å². The Hall–Kier alpha value is -1.55. The number of rotatable bonds is 2. The van der Waals surface area contributed by atoms with Crippen molar-refractivity contribution in [1.82, 2.24) is 0 Å². The van der Waals surface area contributed by atoms with E-state index in [9.17, 15) is 15.0 Å². The number of carboxylic acid groups (broad SMARTS) is 1. The molecule has 18 heavy (non-hydrogen) atoms. The third kappa shape index (κ3) is 2.64. The number of nitrogens with zero attached hydrogens (tertiary/aromatic N) is 1. The first-order chi connectivity index (χ1) is 8.39. The Balaban J connectivity index is 2.26. The molecule has 0 unspecified atom stereocenters. The van der Waals surface area contributed by atoms with E-state index in [0.29, 0.717) is 31.5 Å². The lowest BCUT2D eigenvalue weighted by Crippen LogP contribution is -2.43. The summed E-state index contributed by atoms with van der Waals surface area (Å²) in [5.41, 5.74) is 1.42. The first-order valence-corrected chi connectivity index (χ1v) is 6.20. The zero-order valence-corrected chi connectivity index (χ0v) is 10.8. The minimum Gasteiger partial charge on any atom is -0.478 e. The van der Waals surface area contributed by atoms with Gasteiger partial charge in [-0.2, -0.15) is 0 Å². The van der Waals surface area contributed by atoms with Gasteiger partial charge in [0.1, 0.15) is 0 Å².